The van der Waals surface area contributed by atoms with Crippen LogP contribution in [0.1, 0.15) is 11.3 Å². The van der Waals surface area contributed by atoms with E-state index in [0.29, 0.717) is 5.41 Å². The van der Waals surface area contributed by atoms with Gasteiger partial charge in [-0.25, -0.2) is 9.97 Å². The van der Waals surface area contributed by atoms with Crippen LogP contribution in [0.2, 0.25) is 0 Å². The molecule has 2 saturated heterocycles. The van der Waals surface area contributed by atoms with Gasteiger partial charge in [0.2, 0.25) is 0 Å². The highest BCUT2D eigenvalue weighted by atomic mass is 32.1. The van der Waals surface area contributed by atoms with Crippen LogP contribution in [0.3, 0.4) is 0 Å². The monoisotopic (exact) mass is 274 g/mol. The molecule has 0 atom stereocenters. The molecule has 0 radical (unpaired) electrons. The first-order chi connectivity index (χ1) is 9.13. The number of nitrogens with zero attached hydrogens (tertiary/aromatic N) is 4. The zero-order chi connectivity index (χ0) is 13.0. The van der Waals surface area contributed by atoms with Crippen LogP contribution in [0, 0.1) is 12.3 Å². The van der Waals surface area contributed by atoms with Gasteiger partial charge in [0.25, 0.3) is 0 Å². The van der Waals surface area contributed by atoms with Crippen molar-refractivity contribution in [2.45, 2.75) is 13.3 Å². The Hall–Kier alpha value is -1.20. The van der Waals surface area contributed by atoms with Gasteiger partial charge in [0, 0.05) is 36.5 Å². The van der Waals surface area contributed by atoms with E-state index < -0.39 is 0 Å². The predicted molar refractivity (Wildman–Crippen MR) is 78.9 cm³/mol. The maximum absolute atomic E-state index is 4.79. The molecule has 0 N–H and O–H groups in total. The Morgan fingerprint density at radius 1 is 1.32 bits per heavy atom. The number of hydrogen-bond donors (Lipinski definition) is 0. The number of aryl methyl sites for hydroxylation is 1. The smallest absolute Gasteiger partial charge is 0.148 e. The Bertz CT molecular complexity index is 629. The molecular formula is C14H18N4S. The second kappa shape index (κ2) is 3.90. The van der Waals surface area contributed by atoms with Crippen LogP contribution in [0.4, 0.5) is 5.82 Å². The lowest BCUT2D eigenvalue weighted by Crippen LogP contribution is -2.55. The summed E-state index contributed by atoms with van der Waals surface area (Å²) in [6.07, 6.45) is 3.23. The Labute approximate surface area is 117 Å². The van der Waals surface area contributed by atoms with Gasteiger partial charge in [-0.3, -0.25) is 0 Å². The number of aromatic nitrogens is 2. The van der Waals surface area contributed by atoms with Crippen LogP contribution < -0.4 is 4.90 Å². The molecule has 2 aliphatic rings. The van der Waals surface area contributed by atoms with Crippen LogP contribution in [-0.4, -0.2) is 48.1 Å². The van der Waals surface area contributed by atoms with E-state index >= 15 is 0 Å². The number of likely N-dealkylation sites (tertiary alicyclic amines) is 1. The maximum Gasteiger partial charge on any atom is 0.148 e. The van der Waals surface area contributed by atoms with Gasteiger partial charge < -0.3 is 9.80 Å². The van der Waals surface area contributed by atoms with E-state index in [4.69, 9.17) is 4.98 Å². The fraction of sp³-hybridized carbons (Fsp3) is 0.571. The second-order valence-corrected chi connectivity index (χ2v) is 7.35. The fourth-order valence-corrected chi connectivity index (χ4v) is 4.39. The van der Waals surface area contributed by atoms with Gasteiger partial charge in [-0.15, -0.1) is 11.3 Å². The minimum absolute atomic E-state index is 0.525. The number of hydrogen-bond acceptors (Lipinski definition) is 5. The molecule has 0 amide bonds. The van der Waals surface area contributed by atoms with E-state index in [1.165, 1.54) is 24.4 Å². The maximum atomic E-state index is 4.79. The number of thiophene rings is 1. The van der Waals surface area contributed by atoms with Gasteiger partial charge in [-0.2, -0.15) is 0 Å². The predicted octanol–water partition coefficient (Wildman–Crippen LogP) is 2.14. The first-order valence-electron chi connectivity index (χ1n) is 6.80. The number of fused-ring (bicyclic) bond motifs is 1. The lowest BCUT2D eigenvalue weighted by molar-refractivity contribution is 0.0424. The van der Waals surface area contributed by atoms with Crippen LogP contribution in [0.5, 0.6) is 0 Å². The summed E-state index contributed by atoms with van der Waals surface area (Å²) in [6.45, 7) is 6.84. The molecular weight excluding hydrogens is 256 g/mol. The van der Waals surface area contributed by atoms with Crippen molar-refractivity contribution in [3.63, 3.8) is 0 Å². The summed E-state index contributed by atoms with van der Waals surface area (Å²) < 4.78 is 0. The summed E-state index contributed by atoms with van der Waals surface area (Å²) in [5.41, 5.74) is 1.56. The van der Waals surface area contributed by atoms with Crippen molar-refractivity contribution in [1.29, 1.82) is 0 Å². The highest BCUT2D eigenvalue weighted by molar-refractivity contribution is 7.18. The Morgan fingerprint density at radius 2 is 2.16 bits per heavy atom. The summed E-state index contributed by atoms with van der Waals surface area (Å²) in [7, 11) is 2.20. The molecule has 4 rings (SSSR count). The molecule has 2 aromatic heterocycles. The molecule has 19 heavy (non-hydrogen) atoms. The van der Waals surface area contributed by atoms with Crippen LogP contribution in [-0.2, 0) is 0 Å². The van der Waals surface area contributed by atoms with E-state index in [9.17, 15) is 0 Å². The quantitative estimate of drug-likeness (QED) is 0.797. The lowest BCUT2D eigenvalue weighted by Gasteiger charge is -2.46. The summed E-state index contributed by atoms with van der Waals surface area (Å²) in [4.78, 5) is 16.5. The van der Waals surface area contributed by atoms with Crippen molar-refractivity contribution >= 4 is 27.5 Å². The standard InChI is InChI=1S/C14H18N4S/c1-10-5-11-13(19-10)16-12(6-15-11)18-4-3-14(9-18)7-17(2)8-14/h5-6H,3-4,7-9H2,1-2H3. The van der Waals surface area contributed by atoms with Crippen molar-refractivity contribution in [3.8, 4) is 0 Å². The Morgan fingerprint density at radius 3 is 2.95 bits per heavy atom. The van der Waals surface area contributed by atoms with Crippen LogP contribution in [0.25, 0.3) is 10.3 Å². The van der Waals surface area contributed by atoms with E-state index in [-0.39, 0.29) is 0 Å². The summed E-state index contributed by atoms with van der Waals surface area (Å²) >= 11 is 1.74. The highest BCUT2D eigenvalue weighted by Crippen LogP contribution is 2.40. The van der Waals surface area contributed by atoms with E-state index in [1.807, 2.05) is 6.20 Å². The molecule has 2 aromatic rings. The third kappa shape index (κ3) is 1.83. The van der Waals surface area contributed by atoms with Crippen molar-refractivity contribution in [1.82, 2.24) is 14.9 Å². The highest BCUT2D eigenvalue weighted by Gasteiger charge is 2.46. The molecule has 0 bridgehead atoms. The largest absolute Gasteiger partial charge is 0.355 e. The van der Waals surface area contributed by atoms with Crippen molar-refractivity contribution in [2.75, 3.05) is 38.1 Å². The van der Waals surface area contributed by atoms with Gasteiger partial charge in [0.15, 0.2) is 0 Å². The molecule has 4 heterocycles. The molecule has 0 aromatic carbocycles. The SMILES string of the molecule is Cc1cc2ncc(N3CCC4(CN(C)C4)C3)nc2s1. The molecule has 0 unspecified atom stereocenters. The zero-order valence-electron chi connectivity index (χ0n) is 11.4. The third-order valence-corrected chi connectivity index (χ3v) is 5.26. The molecule has 0 saturated carbocycles. The minimum Gasteiger partial charge on any atom is -0.355 e. The lowest BCUT2D eigenvalue weighted by atomic mass is 9.79. The summed E-state index contributed by atoms with van der Waals surface area (Å²) in [5.74, 6) is 1.06. The van der Waals surface area contributed by atoms with Crippen molar-refractivity contribution < 1.29 is 0 Å². The van der Waals surface area contributed by atoms with Crippen molar-refractivity contribution in [3.05, 3.63) is 17.1 Å². The zero-order valence-corrected chi connectivity index (χ0v) is 12.2. The van der Waals surface area contributed by atoms with Crippen LogP contribution in [0.15, 0.2) is 12.3 Å². The summed E-state index contributed by atoms with van der Waals surface area (Å²) in [6, 6.07) is 2.11. The average Bonchev–Trinajstić information content (AvgIpc) is 2.90. The topological polar surface area (TPSA) is 32.3 Å². The molecule has 2 aliphatic heterocycles. The van der Waals surface area contributed by atoms with E-state index in [1.54, 1.807) is 11.3 Å². The molecule has 0 aliphatic carbocycles. The Kier molecular flexibility index (Phi) is 2.38. The first kappa shape index (κ1) is 11.6. The van der Waals surface area contributed by atoms with Gasteiger partial charge in [0.1, 0.15) is 16.2 Å². The summed E-state index contributed by atoms with van der Waals surface area (Å²) in [5, 5.41) is 0. The molecule has 2 fully saturated rings. The second-order valence-electron chi connectivity index (χ2n) is 6.12. The average molecular weight is 274 g/mol. The normalized spacial score (nSPS) is 22.3. The van der Waals surface area contributed by atoms with Gasteiger partial charge in [-0.05, 0) is 26.5 Å². The Balaban J connectivity index is 1.61. The first-order valence-corrected chi connectivity index (χ1v) is 7.62. The van der Waals surface area contributed by atoms with E-state index in [0.717, 1.165) is 29.3 Å². The van der Waals surface area contributed by atoms with Crippen molar-refractivity contribution in [2.24, 2.45) is 5.41 Å². The number of anilines is 1. The van der Waals surface area contributed by atoms with Gasteiger partial charge >= 0.3 is 0 Å². The fourth-order valence-electron chi connectivity index (χ4n) is 3.56. The molecule has 5 heteroatoms. The number of rotatable bonds is 1. The molecule has 100 valence electrons. The van der Waals surface area contributed by atoms with E-state index in [2.05, 4.69) is 34.8 Å². The molecule has 4 nitrogen and oxygen atoms in total. The van der Waals surface area contributed by atoms with Crippen LogP contribution >= 0.6 is 11.3 Å². The van der Waals surface area contributed by atoms with Gasteiger partial charge in [0.05, 0.1) is 6.20 Å². The van der Waals surface area contributed by atoms with Gasteiger partial charge in [-0.1, -0.05) is 0 Å². The molecule has 1 spiro atoms. The third-order valence-electron chi connectivity index (χ3n) is 4.32. The minimum atomic E-state index is 0.525.